The molecule has 0 aliphatic carbocycles. The van der Waals surface area contributed by atoms with Crippen molar-refractivity contribution in [1.29, 1.82) is 0 Å². The van der Waals surface area contributed by atoms with E-state index in [9.17, 15) is 0 Å². The highest BCUT2D eigenvalue weighted by molar-refractivity contribution is 9.09. The summed E-state index contributed by atoms with van der Waals surface area (Å²) in [4.78, 5) is 3.65. The Kier molecular flexibility index (Phi) is 4.85. The van der Waals surface area contributed by atoms with Gasteiger partial charge < -0.3 is 0 Å². The molecule has 1 aromatic heterocycles. The quantitative estimate of drug-likeness (QED) is 0.665. The fourth-order valence-corrected chi connectivity index (χ4v) is 4.11. The van der Waals surface area contributed by atoms with Gasteiger partial charge in [0, 0.05) is 14.6 Å². The topological polar surface area (TPSA) is 0 Å². The fourth-order valence-electron chi connectivity index (χ4n) is 2.01. The second-order valence-electron chi connectivity index (χ2n) is 5.05. The van der Waals surface area contributed by atoms with E-state index in [0.29, 0.717) is 10.2 Å². The van der Waals surface area contributed by atoms with Gasteiger partial charge in [0.2, 0.25) is 0 Å². The highest BCUT2D eigenvalue weighted by Crippen LogP contribution is 2.32. The Morgan fingerprint density at radius 1 is 1.33 bits per heavy atom. The summed E-state index contributed by atoms with van der Waals surface area (Å²) in [6, 6.07) is 4.57. The van der Waals surface area contributed by atoms with E-state index in [0.717, 1.165) is 0 Å². The Balaban J connectivity index is 2.59. The van der Waals surface area contributed by atoms with E-state index in [2.05, 4.69) is 55.8 Å². The van der Waals surface area contributed by atoms with Gasteiger partial charge in [-0.2, -0.15) is 0 Å². The lowest BCUT2D eigenvalue weighted by molar-refractivity contribution is 0.337. The average Bonchev–Trinajstić information content (AvgIpc) is 2.48. The Morgan fingerprint density at radius 3 is 2.40 bits per heavy atom. The molecule has 1 aromatic rings. The van der Waals surface area contributed by atoms with E-state index < -0.39 is 0 Å². The van der Waals surface area contributed by atoms with Crippen LogP contribution in [0.1, 0.15) is 43.9 Å². The monoisotopic (exact) mass is 288 g/mol. The average molecular weight is 289 g/mol. The summed E-state index contributed by atoms with van der Waals surface area (Å²) in [5.74, 6) is 0. The molecule has 1 unspecified atom stereocenters. The number of hydrogen-bond acceptors (Lipinski definition) is 1. The number of halogens is 1. The lowest BCUT2D eigenvalue weighted by atomic mass is 9.84. The smallest absolute Gasteiger partial charge is 0.0122 e. The Bertz CT molecular complexity index is 299. The summed E-state index contributed by atoms with van der Waals surface area (Å²) >= 11 is 5.62. The summed E-state index contributed by atoms with van der Waals surface area (Å²) < 4.78 is 0. The van der Waals surface area contributed by atoms with E-state index in [-0.39, 0.29) is 0 Å². The first-order valence-corrected chi connectivity index (χ1v) is 7.38. The highest BCUT2D eigenvalue weighted by atomic mass is 79.9. The Morgan fingerprint density at radius 2 is 1.93 bits per heavy atom. The third kappa shape index (κ3) is 4.69. The van der Waals surface area contributed by atoms with Gasteiger partial charge >= 0.3 is 0 Å². The maximum absolute atomic E-state index is 3.65. The van der Waals surface area contributed by atoms with Gasteiger partial charge in [-0.3, -0.25) is 0 Å². The molecule has 0 spiro atoms. The van der Waals surface area contributed by atoms with Crippen molar-refractivity contribution in [2.24, 2.45) is 5.41 Å². The largest absolute Gasteiger partial charge is 0.145 e. The third-order valence-electron chi connectivity index (χ3n) is 2.55. The van der Waals surface area contributed by atoms with Crippen LogP contribution in [0.25, 0.3) is 0 Å². The van der Waals surface area contributed by atoms with Crippen LogP contribution in [0.15, 0.2) is 12.1 Å². The van der Waals surface area contributed by atoms with Crippen molar-refractivity contribution in [1.82, 2.24) is 0 Å². The molecular formula is C13H21BrS. The summed E-state index contributed by atoms with van der Waals surface area (Å²) in [5.41, 5.74) is 0.402. The summed E-state index contributed by atoms with van der Waals surface area (Å²) in [6.45, 7) is 9.17. The molecule has 0 fully saturated rings. The van der Waals surface area contributed by atoms with Gasteiger partial charge in [0.25, 0.3) is 0 Å². The summed E-state index contributed by atoms with van der Waals surface area (Å²) in [5, 5.41) is 0. The van der Waals surface area contributed by atoms with Gasteiger partial charge in [0.15, 0.2) is 0 Å². The minimum Gasteiger partial charge on any atom is -0.145 e. The lowest BCUT2D eigenvalue weighted by Gasteiger charge is -2.25. The molecule has 1 rings (SSSR count). The zero-order valence-electron chi connectivity index (χ0n) is 10.1. The molecule has 0 bridgehead atoms. The molecule has 0 amide bonds. The number of hydrogen-bond donors (Lipinski definition) is 0. The van der Waals surface area contributed by atoms with Crippen molar-refractivity contribution in [3.05, 3.63) is 21.9 Å². The van der Waals surface area contributed by atoms with Crippen LogP contribution in [0.4, 0.5) is 0 Å². The van der Waals surface area contributed by atoms with Crippen molar-refractivity contribution in [2.75, 3.05) is 0 Å². The van der Waals surface area contributed by atoms with E-state index in [1.807, 2.05) is 11.3 Å². The first kappa shape index (κ1) is 13.2. The fraction of sp³-hybridized carbons (Fsp3) is 0.692. The van der Waals surface area contributed by atoms with E-state index in [1.165, 1.54) is 29.0 Å². The first-order chi connectivity index (χ1) is 6.93. The zero-order chi connectivity index (χ0) is 11.5. The van der Waals surface area contributed by atoms with Crippen LogP contribution >= 0.6 is 27.3 Å². The van der Waals surface area contributed by atoms with Crippen LogP contribution in [0.3, 0.4) is 0 Å². The lowest BCUT2D eigenvalue weighted by Crippen LogP contribution is -2.18. The third-order valence-corrected chi connectivity index (χ3v) is 4.11. The van der Waals surface area contributed by atoms with Crippen LogP contribution in [0, 0.1) is 5.41 Å². The van der Waals surface area contributed by atoms with Gasteiger partial charge in [-0.25, -0.2) is 0 Å². The van der Waals surface area contributed by atoms with E-state index >= 15 is 0 Å². The molecule has 0 aliphatic rings. The molecule has 86 valence electrons. The molecular weight excluding hydrogens is 268 g/mol. The van der Waals surface area contributed by atoms with E-state index in [1.54, 1.807) is 0 Å². The van der Waals surface area contributed by atoms with Crippen LogP contribution in [0.5, 0.6) is 0 Å². The van der Waals surface area contributed by atoms with Crippen LogP contribution in [0.2, 0.25) is 0 Å². The standard InChI is InChI=1S/C13H21BrS/c1-5-11-6-7-12(15-11)9-13(3,4)8-10(2)14/h6-7,10H,5,8-9H2,1-4H3. The number of aryl methyl sites for hydroxylation is 1. The summed E-state index contributed by atoms with van der Waals surface area (Å²) in [6.07, 6.45) is 3.60. The Labute approximate surface area is 106 Å². The molecule has 2 heteroatoms. The second-order valence-corrected chi connectivity index (χ2v) is 7.86. The van der Waals surface area contributed by atoms with Crippen molar-refractivity contribution in [2.45, 2.75) is 51.8 Å². The van der Waals surface area contributed by atoms with Crippen LogP contribution in [-0.4, -0.2) is 4.83 Å². The molecule has 1 heterocycles. The highest BCUT2D eigenvalue weighted by Gasteiger charge is 2.21. The number of rotatable bonds is 5. The normalized spacial score (nSPS) is 14.2. The molecule has 0 saturated heterocycles. The van der Waals surface area contributed by atoms with Gasteiger partial charge in [0.05, 0.1) is 0 Å². The Hall–Kier alpha value is 0.180. The zero-order valence-corrected chi connectivity index (χ0v) is 12.5. The van der Waals surface area contributed by atoms with Crippen LogP contribution < -0.4 is 0 Å². The number of thiophene rings is 1. The minimum absolute atomic E-state index is 0.402. The van der Waals surface area contributed by atoms with Crippen LogP contribution in [-0.2, 0) is 12.8 Å². The predicted molar refractivity (Wildman–Crippen MR) is 74.2 cm³/mol. The predicted octanol–water partition coefficient (Wildman–Crippen LogP) is 5.05. The molecule has 1 atom stereocenters. The minimum atomic E-state index is 0.402. The molecule has 0 aliphatic heterocycles. The molecule has 0 aromatic carbocycles. The maximum atomic E-state index is 3.65. The van der Waals surface area contributed by atoms with Gasteiger partial charge in [-0.1, -0.05) is 43.6 Å². The molecule has 15 heavy (non-hydrogen) atoms. The molecule has 0 N–H and O–H groups in total. The van der Waals surface area contributed by atoms with Gasteiger partial charge in [0.1, 0.15) is 0 Å². The van der Waals surface area contributed by atoms with E-state index in [4.69, 9.17) is 0 Å². The van der Waals surface area contributed by atoms with Gasteiger partial charge in [-0.15, -0.1) is 11.3 Å². The molecule has 0 radical (unpaired) electrons. The summed E-state index contributed by atoms with van der Waals surface area (Å²) in [7, 11) is 0. The van der Waals surface area contributed by atoms with Crippen molar-refractivity contribution in [3.8, 4) is 0 Å². The number of alkyl halides is 1. The first-order valence-electron chi connectivity index (χ1n) is 5.64. The molecule has 0 nitrogen and oxygen atoms in total. The van der Waals surface area contributed by atoms with Crippen molar-refractivity contribution < 1.29 is 0 Å². The molecule has 0 saturated carbocycles. The second kappa shape index (κ2) is 5.49. The van der Waals surface area contributed by atoms with Crippen molar-refractivity contribution in [3.63, 3.8) is 0 Å². The maximum Gasteiger partial charge on any atom is 0.0122 e. The van der Waals surface area contributed by atoms with Crippen molar-refractivity contribution >= 4 is 27.3 Å². The van der Waals surface area contributed by atoms with Gasteiger partial charge in [-0.05, 0) is 36.8 Å². The SMILES string of the molecule is CCc1ccc(CC(C)(C)CC(C)Br)s1.